The SMILES string of the molecule is Cc1nc2cc(NC(=O)NCc3ccc(-c4cnn(C)c4)nc3)ccc2s1. The molecule has 0 fully saturated rings. The molecule has 0 saturated heterocycles. The van der Waals surface area contributed by atoms with Crippen molar-refractivity contribution in [3.05, 3.63) is 59.5 Å². The monoisotopic (exact) mass is 378 g/mol. The molecule has 0 bridgehead atoms. The maximum absolute atomic E-state index is 12.1. The van der Waals surface area contributed by atoms with E-state index >= 15 is 0 Å². The summed E-state index contributed by atoms with van der Waals surface area (Å²) in [6, 6.07) is 9.32. The van der Waals surface area contributed by atoms with Crippen LogP contribution < -0.4 is 10.6 Å². The number of hydrogen-bond donors (Lipinski definition) is 2. The number of carbonyl (C=O) groups is 1. The molecule has 27 heavy (non-hydrogen) atoms. The minimum atomic E-state index is -0.266. The van der Waals surface area contributed by atoms with E-state index in [2.05, 4.69) is 25.7 Å². The molecular formula is C19H18N6OS. The highest BCUT2D eigenvalue weighted by molar-refractivity contribution is 7.18. The van der Waals surface area contributed by atoms with Gasteiger partial charge in [0.05, 0.1) is 27.1 Å². The Hall–Kier alpha value is -3.26. The number of anilines is 1. The highest BCUT2D eigenvalue weighted by Gasteiger charge is 2.06. The maximum atomic E-state index is 12.1. The Morgan fingerprint density at radius 1 is 1.22 bits per heavy atom. The van der Waals surface area contributed by atoms with E-state index in [0.29, 0.717) is 6.54 Å². The molecule has 0 radical (unpaired) electrons. The van der Waals surface area contributed by atoms with Crippen LogP contribution in [0.1, 0.15) is 10.6 Å². The first-order valence-corrected chi connectivity index (χ1v) is 9.24. The second kappa shape index (κ2) is 7.16. The van der Waals surface area contributed by atoms with E-state index in [0.717, 1.165) is 37.7 Å². The molecule has 136 valence electrons. The number of benzene rings is 1. The van der Waals surface area contributed by atoms with Crippen molar-refractivity contribution in [1.29, 1.82) is 0 Å². The molecule has 7 nitrogen and oxygen atoms in total. The summed E-state index contributed by atoms with van der Waals surface area (Å²) in [7, 11) is 1.87. The summed E-state index contributed by atoms with van der Waals surface area (Å²) in [5, 5.41) is 10.8. The third kappa shape index (κ3) is 3.95. The molecule has 2 amide bonds. The number of hydrogen-bond acceptors (Lipinski definition) is 5. The number of rotatable bonds is 4. The van der Waals surface area contributed by atoms with Crippen molar-refractivity contribution in [1.82, 2.24) is 25.1 Å². The molecule has 0 spiro atoms. The number of thiazole rings is 1. The van der Waals surface area contributed by atoms with Gasteiger partial charge in [0, 0.05) is 37.2 Å². The molecule has 0 aliphatic heterocycles. The predicted molar refractivity (Wildman–Crippen MR) is 107 cm³/mol. The fourth-order valence-corrected chi connectivity index (χ4v) is 3.54. The van der Waals surface area contributed by atoms with Gasteiger partial charge in [-0.05, 0) is 36.8 Å². The Bertz CT molecular complexity index is 1100. The minimum Gasteiger partial charge on any atom is -0.334 e. The van der Waals surface area contributed by atoms with E-state index in [9.17, 15) is 4.79 Å². The summed E-state index contributed by atoms with van der Waals surface area (Å²) < 4.78 is 2.85. The number of aryl methyl sites for hydroxylation is 2. The van der Waals surface area contributed by atoms with Crippen molar-refractivity contribution in [2.75, 3.05) is 5.32 Å². The smallest absolute Gasteiger partial charge is 0.319 e. The van der Waals surface area contributed by atoms with E-state index in [1.807, 2.05) is 50.5 Å². The second-order valence-electron chi connectivity index (χ2n) is 6.18. The van der Waals surface area contributed by atoms with Crippen LogP contribution in [0.15, 0.2) is 48.9 Å². The standard InChI is InChI=1S/C19H18N6OS/c1-12-23-17-7-15(4-6-18(17)27-12)24-19(26)21-9-13-3-5-16(20-8-13)14-10-22-25(2)11-14/h3-8,10-11H,9H2,1-2H3,(H2,21,24,26). The Morgan fingerprint density at radius 3 is 2.85 bits per heavy atom. The lowest BCUT2D eigenvalue weighted by Crippen LogP contribution is -2.28. The lowest BCUT2D eigenvalue weighted by atomic mass is 10.2. The normalized spacial score (nSPS) is 10.9. The molecule has 4 aromatic rings. The third-order valence-corrected chi connectivity index (χ3v) is 4.98. The highest BCUT2D eigenvalue weighted by atomic mass is 32.1. The van der Waals surface area contributed by atoms with Crippen molar-refractivity contribution in [2.45, 2.75) is 13.5 Å². The Labute approximate surface area is 160 Å². The number of carbonyl (C=O) groups excluding carboxylic acids is 1. The molecule has 1 aromatic carbocycles. The molecular weight excluding hydrogens is 360 g/mol. The number of aromatic nitrogens is 4. The first-order valence-electron chi connectivity index (χ1n) is 8.43. The number of nitrogens with one attached hydrogen (secondary N) is 2. The van der Waals surface area contributed by atoms with Gasteiger partial charge >= 0.3 is 6.03 Å². The minimum absolute atomic E-state index is 0.266. The molecule has 0 aliphatic rings. The van der Waals surface area contributed by atoms with Crippen LogP contribution in [0.5, 0.6) is 0 Å². The first-order chi connectivity index (χ1) is 13.1. The van der Waals surface area contributed by atoms with Gasteiger partial charge in [-0.15, -0.1) is 11.3 Å². The van der Waals surface area contributed by atoms with Crippen molar-refractivity contribution in [3.8, 4) is 11.3 Å². The molecule has 8 heteroatoms. The maximum Gasteiger partial charge on any atom is 0.319 e. The van der Waals surface area contributed by atoms with Gasteiger partial charge < -0.3 is 10.6 Å². The van der Waals surface area contributed by atoms with Crippen LogP contribution in [0, 0.1) is 6.92 Å². The zero-order chi connectivity index (χ0) is 18.8. The summed E-state index contributed by atoms with van der Waals surface area (Å²) in [5.41, 5.74) is 4.34. The third-order valence-electron chi connectivity index (χ3n) is 4.03. The zero-order valence-corrected chi connectivity index (χ0v) is 15.7. The molecule has 3 heterocycles. The fraction of sp³-hybridized carbons (Fsp3) is 0.158. The molecule has 4 rings (SSSR count). The van der Waals surface area contributed by atoms with Gasteiger partial charge in [-0.25, -0.2) is 9.78 Å². The Morgan fingerprint density at radius 2 is 2.11 bits per heavy atom. The van der Waals surface area contributed by atoms with Gasteiger partial charge in [-0.2, -0.15) is 5.10 Å². The summed E-state index contributed by atoms with van der Waals surface area (Å²) in [5.74, 6) is 0. The van der Waals surface area contributed by atoms with Crippen LogP contribution in [0.3, 0.4) is 0 Å². The Kier molecular flexibility index (Phi) is 4.55. The van der Waals surface area contributed by atoms with Gasteiger partial charge in [0.2, 0.25) is 0 Å². The van der Waals surface area contributed by atoms with Crippen molar-refractivity contribution in [3.63, 3.8) is 0 Å². The zero-order valence-electron chi connectivity index (χ0n) is 14.9. The molecule has 3 aromatic heterocycles. The average molecular weight is 378 g/mol. The number of urea groups is 1. The summed E-state index contributed by atoms with van der Waals surface area (Å²) in [6.45, 7) is 2.36. The summed E-state index contributed by atoms with van der Waals surface area (Å²) in [6.07, 6.45) is 5.44. The van der Waals surface area contributed by atoms with Gasteiger partial charge in [0.15, 0.2) is 0 Å². The Balaban J connectivity index is 1.35. The van der Waals surface area contributed by atoms with E-state index < -0.39 is 0 Å². The summed E-state index contributed by atoms with van der Waals surface area (Å²) in [4.78, 5) is 21.0. The van der Waals surface area contributed by atoms with E-state index in [1.165, 1.54) is 0 Å². The molecule has 0 saturated carbocycles. The summed E-state index contributed by atoms with van der Waals surface area (Å²) >= 11 is 1.64. The largest absolute Gasteiger partial charge is 0.334 e. The van der Waals surface area contributed by atoms with Crippen molar-refractivity contribution < 1.29 is 4.79 Å². The van der Waals surface area contributed by atoms with Crippen LogP contribution in [-0.4, -0.2) is 25.8 Å². The van der Waals surface area contributed by atoms with Crippen LogP contribution in [0.25, 0.3) is 21.5 Å². The van der Waals surface area contributed by atoms with E-state index in [1.54, 1.807) is 28.4 Å². The number of pyridine rings is 1. The highest BCUT2D eigenvalue weighted by Crippen LogP contribution is 2.24. The molecule has 0 unspecified atom stereocenters. The van der Waals surface area contributed by atoms with E-state index in [4.69, 9.17) is 0 Å². The average Bonchev–Trinajstić information content (AvgIpc) is 3.25. The number of amides is 2. The van der Waals surface area contributed by atoms with E-state index in [-0.39, 0.29) is 6.03 Å². The first kappa shape index (κ1) is 17.2. The quantitative estimate of drug-likeness (QED) is 0.567. The van der Waals surface area contributed by atoms with Crippen molar-refractivity contribution >= 4 is 33.3 Å². The lowest BCUT2D eigenvalue weighted by Gasteiger charge is -2.08. The number of nitrogens with zero attached hydrogens (tertiary/aromatic N) is 4. The van der Waals surface area contributed by atoms with Crippen LogP contribution in [-0.2, 0) is 13.6 Å². The van der Waals surface area contributed by atoms with Gasteiger partial charge in [0.1, 0.15) is 0 Å². The van der Waals surface area contributed by atoms with Crippen LogP contribution in [0.4, 0.5) is 10.5 Å². The van der Waals surface area contributed by atoms with Gasteiger partial charge in [-0.1, -0.05) is 6.07 Å². The predicted octanol–water partition coefficient (Wildman–Crippen LogP) is 3.72. The van der Waals surface area contributed by atoms with Crippen molar-refractivity contribution in [2.24, 2.45) is 7.05 Å². The van der Waals surface area contributed by atoms with Crippen LogP contribution in [0.2, 0.25) is 0 Å². The fourth-order valence-electron chi connectivity index (χ4n) is 2.73. The van der Waals surface area contributed by atoms with Gasteiger partial charge in [0.25, 0.3) is 0 Å². The topological polar surface area (TPSA) is 84.7 Å². The second-order valence-corrected chi connectivity index (χ2v) is 7.41. The molecule has 0 atom stereocenters. The van der Waals surface area contributed by atoms with Crippen LogP contribution >= 0.6 is 11.3 Å². The van der Waals surface area contributed by atoms with Gasteiger partial charge in [-0.3, -0.25) is 9.67 Å². The lowest BCUT2D eigenvalue weighted by molar-refractivity contribution is 0.251. The molecule has 0 aliphatic carbocycles. The molecule has 2 N–H and O–H groups in total. The number of fused-ring (bicyclic) bond motifs is 1.